The van der Waals surface area contributed by atoms with Crippen molar-refractivity contribution < 1.29 is 14.3 Å². The normalized spacial score (nSPS) is 18.4. The predicted octanol–water partition coefficient (Wildman–Crippen LogP) is 3.13. The molecule has 0 saturated carbocycles. The van der Waals surface area contributed by atoms with Gasteiger partial charge in [-0.3, -0.25) is 4.79 Å². The van der Waals surface area contributed by atoms with Crippen LogP contribution in [0.4, 0.5) is 4.79 Å². The van der Waals surface area contributed by atoms with Crippen molar-refractivity contribution in [3.63, 3.8) is 0 Å². The number of hydrogen-bond donors (Lipinski definition) is 1. The Morgan fingerprint density at radius 1 is 1.30 bits per heavy atom. The van der Waals surface area contributed by atoms with Gasteiger partial charge < -0.3 is 14.6 Å². The van der Waals surface area contributed by atoms with Gasteiger partial charge in [-0.2, -0.15) is 0 Å². The zero-order chi connectivity index (χ0) is 17.3. The molecule has 1 aromatic rings. The monoisotopic (exact) mass is 334 g/mol. The van der Waals surface area contributed by atoms with Gasteiger partial charge in [0.1, 0.15) is 12.6 Å². The second-order valence-electron chi connectivity index (χ2n) is 7.52. The van der Waals surface area contributed by atoms with Crippen molar-refractivity contribution in [2.75, 3.05) is 6.54 Å². The third-order valence-electron chi connectivity index (χ3n) is 4.94. The molecular weight excluding hydrogens is 308 g/mol. The highest BCUT2D eigenvalue weighted by molar-refractivity contribution is 6.80. The zero-order valence-electron chi connectivity index (χ0n) is 14.6. The molecule has 23 heavy (non-hydrogen) atoms. The Balaban J connectivity index is 1.82. The number of carbonyl (C=O) groups excluding carboxylic acids is 2. The van der Waals surface area contributed by atoms with Crippen molar-refractivity contribution in [1.29, 1.82) is 0 Å². The Morgan fingerprint density at radius 3 is 2.43 bits per heavy atom. The van der Waals surface area contributed by atoms with E-state index in [1.165, 1.54) is 0 Å². The second kappa shape index (κ2) is 6.35. The number of nitrogens with one attached hydrogen (secondary N) is 1. The van der Waals surface area contributed by atoms with Crippen LogP contribution in [-0.4, -0.2) is 37.4 Å². The van der Waals surface area contributed by atoms with Crippen LogP contribution >= 0.6 is 0 Å². The topological polar surface area (TPSA) is 58.6 Å². The van der Waals surface area contributed by atoms with E-state index in [1.54, 1.807) is 0 Å². The van der Waals surface area contributed by atoms with Crippen LogP contribution < -0.4 is 5.32 Å². The van der Waals surface area contributed by atoms with Crippen LogP contribution in [-0.2, 0) is 16.1 Å². The standard InChI is InChI=1S/C17H26N2O3Si/c1-17(2,3)23(4,5)19-11-14(15(19)20)18-16(21)22-12-13-9-7-6-8-10-13/h6-10,14H,11-12H2,1-5H3,(H,18,21). The number of ether oxygens (including phenoxy) is 1. The lowest BCUT2D eigenvalue weighted by atomic mass is 10.1. The van der Waals surface area contributed by atoms with Crippen LogP contribution in [0.25, 0.3) is 0 Å². The maximum Gasteiger partial charge on any atom is 0.408 e. The summed E-state index contributed by atoms with van der Waals surface area (Å²) in [5.74, 6) is 0.00764. The lowest BCUT2D eigenvalue weighted by molar-refractivity contribution is -0.137. The molecule has 1 heterocycles. The summed E-state index contributed by atoms with van der Waals surface area (Å²) in [6.07, 6.45) is -0.540. The molecule has 2 rings (SSSR count). The fraction of sp³-hybridized carbons (Fsp3) is 0.529. The zero-order valence-corrected chi connectivity index (χ0v) is 15.6. The minimum atomic E-state index is -1.86. The lowest BCUT2D eigenvalue weighted by Gasteiger charge is -2.53. The van der Waals surface area contributed by atoms with Crippen LogP contribution in [0.3, 0.4) is 0 Å². The summed E-state index contributed by atoms with van der Waals surface area (Å²) in [6, 6.07) is 9.02. The van der Waals surface area contributed by atoms with Crippen molar-refractivity contribution in [3.8, 4) is 0 Å². The van der Waals surface area contributed by atoms with Gasteiger partial charge in [0.25, 0.3) is 0 Å². The molecule has 5 nitrogen and oxygen atoms in total. The summed E-state index contributed by atoms with van der Waals surface area (Å²) in [5.41, 5.74) is 0.922. The van der Waals surface area contributed by atoms with Gasteiger partial charge in [-0.15, -0.1) is 0 Å². The Kier molecular flexibility index (Phi) is 4.84. The number of benzene rings is 1. The number of hydrogen-bond acceptors (Lipinski definition) is 3. The Morgan fingerprint density at radius 2 is 1.91 bits per heavy atom. The molecule has 1 aromatic carbocycles. The van der Waals surface area contributed by atoms with E-state index in [9.17, 15) is 9.59 Å². The van der Waals surface area contributed by atoms with Gasteiger partial charge >= 0.3 is 6.09 Å². The minimum Gasteiger partial charge on any atom is -0.445 e. The Labute approximate surface area is 139 Å². The highest BCUT2D eigenvalue weighted by Gasteiger charge is 2.51. The van der Waals surface area contributed by atoms with Crippen molar-refractivity contribution in [3.05, 3.63) is 35.9 Å². The summed E-state index contributed by atoms with van der Waals surface area (Å²) in [7, 11) is -1.86. The SMILES string of the molecule is CC(C)(C)[Si](C)(C)N1CC(NC(=O)OCc2ccccc2)C1=O. The molecule has 1 fully saturated rings. The van der Waals surface area contributed by atoms with E-state index in [0.717, 1.165) is 5.56 Å². The van der Waals surface area contributed by atoms with Crippen LogP contribution in [0.15, 0.2) is 30.3 Å². The molecule has 0 radical (unpaired) electrons. The van der Waals surface area contributed by atoms with E-state index >= 15 is 0 Å². The molecule has 126 valence electrons. The van der Waals surface area contributed by atoms with Gasteiger partial charge in [0.05, 0.1) is 0 Å². The first-order valence-electron chi connectivity index (χ1n) is 7.91. The van der Waals surface area contributed by atoms with Crippen molar-refractivity contribution >= 4 is 20.2 Å². The van der Waals surface area contributed by atoms with Gasteiger partial charge in [-0.25, -0.2) is 4.79 Å². The fourth-order valence-electron chi connectivity index (χ4n) is 2.35. The van der Waals surface area contributed by atoms with Crippen LogP contribution in [0, 0.1) is 0 Å². The molecule has 0 aliphatic carbocycles. The van der Waals surface area contributed by atoms with Crippen LogP contribution in [0.2, 0.25) is 18.1 Å². The number of alkyl carbamates (subject to hydrolysis) is 1. The highest BCUT2D eigenvalue weighted by Crippen LogP contribution is 2.40. The van der Waals surface area contributed by atoms with Crippen molar-refractivity contribution in [2.24, 2.45) is 0 Å². The molecule has 1 atom stereocenters. The second-order valence-corrected chi connectivity index (χ2v) is 12.7. The average Bonchev–Trinajstić information content (AvgIpc) is 2.48. The number of β-lactam (4-membered cyclic amide) rings is 1. The summed E-state index contributed by atoms with van der Waals surface area (Å²) in [4.78, 5) is 24.2. The summed E-state index contributed by atoms with van der Waals surface area (Å²) >= 11 is 0. The van der Waals surface area contributed by atoms with Crippen molar-refractivity contribution in [2.45, 2.75) is 51.6 Å². The maximum atomic E-state index is 12.4. The minimum absolute atomic E-state index is 0.00764. The van der Waals surface area contributed by atoms with E-state index < -0.39 is 20.4 Å². The number of amides is 2. The van der Waals surface area contributed by atoms with Gasteiger partial charge in [0.2, 0.25) is 5.91 Å². The van der Waals surface area contributed by atoms with E-state index in [4.69, 9.17) is 4.74 Å². The maximum absolute atomic E-state index is 12.4. The summed E-state index contributed by atoms with van der Waals surface area (Å²) in [6.45, 7) is 11.7. The molecule has 1 saturated heterocycles. The van der Waals surface area contributed by atoms with Gasteiger partial charge in [-0.1, -0.05) is 64.2 Å². The van der Waals surface area contributed by atoms with Gasteiger partial charge in [0, 0.05) is 6.54 Å². The van der Waals surface area contributed by atoms with Gasteiger partial charge in [0.15, 0.2) is 8.24 Å². The highest BCUT2D eigenvalue weighted by atomic mass is 28.3. The predicted molar refractivity (Wildman–Crippen MR) is 92.5 cm³/mol. The van der Waals surface area contributed by atoms with Gasteiger partial charge in [-0.05, 0) is 10.6 Å². The van der Waals surface area contributed by atoms with Crippen LogP contribution in [0.1, 0.15) is 26.3 Å². The molecule has 0 aromatic heterocycles. The van der Waals surface area contributed by atoms with E-state index in [2.05, 4.69) is 39.2 Å². The molecule has 1 N–H and O–H groups in total. The molecule has 1 aliphatic rings. The molecule has 6 heteroatoms. The number of carbonyl (C=O) groups is 2. The van der Waals surface area contributed by atoms with Crippen LogP contribution in [0.5, 0.6) is 0 Å². The Bertz CT molecular complexity index is 581. The van der Waals surface area contributed by atoms with Crippen molar-refractivity contribution in [1.82, 2.24) is 9.88 Å². The van der Waals surface area contributed by atoms with E-state index in [0.29, 0.717) is 6.54 Å². The number of nitrogens with zero attached hydrogens (tertiary/aromatic N) is 1. The molecule has 0 bridgehead atoms. The third kappa shape index (κ3) is 3.75. The first-order valence-corrected chi connectivity index (χ1v) is 10.9. The molecule has 2 amide bonds. The largest absolute Gasteiger partial charge is 0.445 e. The first-order chi connectivity index (χ1) is 10.6. The summed E-state index contributed by atoms with van der Waals surface area (Å²) in [5, 5.41) is 2.76. The average molecular weight is 334 g/mol. The van der Waals surface area contributed by atoms with E-state index in [1.807, 2.05) is 34.9 Å². The molecule has 0 spiro atoms. The quantitative estimate of drug-likeness (QED) is 0.680. The third-order valence-corrected chi connectivity index (χ3v) is 10.4. The Hall–Kier alpha value is -1.82. The first kappa shape index (κ1) is 17.5. The number of rotatable bonds is 4. The summed E-state index contributed by atoms with van der Waals surface area (Å²) < 4.78 is 7.11. The lowest BCUT2D eigenvalue weighted by Crippen LogP contribution is -2.73. The smallest absolute Gasteiger partial charge is 0.408 e. The van der Waals surface area contributed by atoms with E-state index in [-0.39, 0.29) is 17.6 Å². The molecule has 1 aliphatic heterocycles. The molecule has 1 unspecified atom stereocenters. The fourth-order valence-corrected chi connectivity index (χ4v) is 4.50. The molecular formula is C17H26N2O3Si.